The van der Waals surface area contributed by atoms with Crippen molar-refractivity contribution in [2.75, 3.05) is 33.3 Å². The van der Waals surface area contributed by atoms with Gasteiger partial charge in [0.1, 0.15) is 11.5 Å². The third kappa shape index (κ3) is 2.63. The number of hydrogen-bond donors (Lipinski definition) is 2. The summed E-state index contributed by atoms with van der Waals surface area (Å²) in [7, 11) is 1.69. The average Bonchev–Trinajstić information content (AvgIpc) is 2.44. The van der Waals surface area contributed by atoms with Crippen LogP contribution in [0.15, 0.2) is 18.2 Å². The van der Waals surface area contributed by atoms with Gasteiger partial charge in [-0.25, -0.2) is 0 Å². The summed E-state index contributed by atoms with van der Waals surface area (Å²) >= 11 is 0. The van der Waals surface area contributed by atoms with Gasteiger partial charge in [-0.1, -0.05) is 12.5 Å². The molecule has 0 radical (unpaired) electrons. The van der Waals surface area contributed by atoms with Crippen LogP contribution in [0, 0.1) is 5.92 Å². The van der Waals surface area contributed by atoms with Gasteiger partial charge in [-0.15, -0.1) is 0 Å². The van der Waals surface area contributed by atoms with Crippen molar-refractivity contribution < 1.29 is 9.84 Å². The van der Waals surface area contributed by atoms with Crippen molar-refractivity contribution >= 4 is 0 Å². The Morgan fingerprint density at radius 3 is 2.65 bits per heavy atom. The maximum Gasteiger partial charge on any atom is 0.127 e. The predicted octanol–water partition coefficient (Wildman–Crippen LogP) is 2.15. The van der Waals surface area contributed by atoms with E-state index in [1.54, 1.807) is 19.2 Å². The van der Waals surface area contributed by atoms with Gasteiger partial charge >= 0.3 is 0 Å². The van der Waals surface area contributed by atoms with E-state index in [2.05, 4.69) is 10.2 Å². The Balaban J connectivity index is 1.91. The van der Waals surface area contributed by atoms with Gasteiger partial charge in [0, 0.05) is 43.9 Å². The first-order valence-electron chi connectivity index (χ1n) is 7.61. The summed E-state index contributed by atoms with van der Waals surface area (Å²) in [6.45, 7) is 4.30. The zero-order chi connectivity index (χ0) is 13.9. The van der Waals surface area contributed by atoms with Crippen molar-refractivity contribution in [1.82, 2.24) is 10.2 Å². The van der Waals surface area contributed by atoms with Gasteiger partial charge in [-0.05, 0) is 24.8 Å². The molecule has 20 heavy (non-hydrogen) atoms. The quantitative estimate of drug-likeness (QED) is 0.884. The normalized spacial score (nSPS) is 22.2. The Hall–Kier alpha value is -1.26. The van der Waals surface area contributed by atoms with Crippen LogP contribution in [0.1, 0.15) is 30.9 Å². The second kappa shape index (κ2) is 6.02. The second-order valence-corrected chi connectivity index (χ2v) is 5.85. The van der Waals surface area contributed by atoms with Crippen LogP contribution in [-0.4, -0.2) is 43.3 Å². The van der Waals surface area contributed by atoms with Crippen molar-refractivity contribution in [3.8, 4) is 11.5 Å². The van der Waals surface area contributed by atoms with Crippen LogP contribution in [-0.2, 0) is 0 Å². The van der Waals surface area contributed by atoms with E-state index in [0.29, 0.717) is 6.04 Å². The predicted molar refractivity (Wildman–Crippen MR) is 79.2 cm³/mol. The van der Waals surface area contributed by atoms with E-state index >= 15 is 0 Å². The first-order valence-corrected chi connectivity index (χ1v) is 7.61. The van der Waals surface area contributed by atoms with Crippen molar-refractivity contribution in [3.05, 3.63) is 23.8 Å². The van der Waals surface area contributed by atoms with Crippen LogP contribution in [0.2, 0.25) is 0 Å². The molecule has 2 fully saturated rings. The van der Waals surface area contributed by atoms with Crippen molar-refractivity contribution in [3.63, 3.8) is 0 Å². The largest absolute Gasteiger partial charge is 0.508 e. The fourth-order valence-corrected chi connectivity index (χ4v) is 3.41. The Morgan fingerprint density at radius 1 is 1.30 bits per heavy atom. The van der Waals surface area contributed by atoms with Crippen LogP contribution in [0.25, 0.3) is 0 Å². The molecule has 4 heteroatoms. The van der Waals surface area contributed by atoms with Crippen LogP contribution in [0.4, 0.5) is 0 Å². The van der Waals surface area contributed by atoms with Gasteiger partial charge in [0.2, 0.25) is 0 Å². The molecule has 0 spiro atoms. The van der Waals surface area contributed by atoms with E-state index in [-0.39, 0.29) is 5.75 Å². The van der Waals surface area contributed by atoms with E-state index < -0.39 is 0 Å². The number of rotatable bonds is 4. The molecule has 1 saturated heterocycles. The SMILES string of the molecule is COc1cc(O)ccc1[C@@H](C1CCC1)N1CCNCC1. The number of phenols is 1. The molecule has 0 amide bonds. The summed E-state index contributed by atoms with van der Waals surface area (Å²) in [5, 5.41) is 13.1. The molecule has 1 atom stereocenters. The van der Waals surface area contributed by atoms with Crippen molar-refractivity contribution in [2.45, 2.75) is 25.3 Å². The van der Waals surface area contributed by atoms with E-state index in [4.69, 9.17) is 4.74 Å². The summed E-state index contributed by atoms with van der Waals surface area (Å²) < 4.78 is 5.51. The minimum absolute atomic E-state index is 0.276. The molecule has 1 aliphatic carbocycles. The number of piperazine rings is 1. The minimum atomic E-state index is 0.276. The molecule has 0 unspecified atom stereocenters. The topological polar surface area (TPSA) is 44.7 Å². The van der Waals surface area contributed by atoms with Gasteiger partial charge in [-0.2, -0.15) is 0 Å². The molecule has 1 aromatic carbocycles. The number of phenolic OH excluding ortho intramolecular Hbond substituents is 1. The number of aromatic hydroxyl groups is 1. The standard InChI is InChI=1S/C16H24N2O2/c1-20-15-11-13(19)5-6-14(15)16(12-3-2-4-12)18-9-7-17-8-10-18/h5-6,11-12,16-17,19H,2-4,7-10H2,1H3/t16-/m1/s1. The first-order chi connectivity index (χ1) is 9.79. The maximum atomic E-state index is 9.67. The van der Waals surface area contributed by atoms with E-state index in [0.717, 1.165) is 37.8 Å². The number of hydrogen-bond acceptors (Lipinski definition) is 4. The molecule has 2 N–H and O–H groups in total. The molecule has 2 aliphatic rings. The highest BCUT2D eigenvalue weighted by Gasteiger charge is 2.35. The third-order valence-corrected chi connectivity index (χ3v) is 4.68. The Kier molecular flexibility index (Phi) is 4.13. The molecular weight excluding hydrogens is 252 g/mol. The number of methoxy groups -OCH3 is 1. The van der Waals surface area contributed by atoms with Gasteiger partial charge < -0.3 is 15.2 Å². The molecule has 0 bridgehead atoms. The summed E-state index contributed by atoms with van der Waals surface area (Å²) in [6.07, 6.45) is 3.95. The lowest BCUT2D eigenvalue weighted by Gasteiger charge is -2.43. The molecule has 1 aromatic rings. The fourth-order valence-electron chi connectivity index (χ4n) is 3.41. The highest BCUT2D eigenvalue weighted by Crippen LogP contribution is 2.44. The number of benzene rings is 1. The smallest absolute Gasteiger partial charge is 0.127 e. The Morgan fingerprint density at radius 2 is 2.05 bits per heavy atom. The molecule has 3 rings (SSSR count). The average molecular weight is 276 g/mol. The molecule has 0 aromatic heterocycles. The van der Waals surface area contributed by atoms with Crippen LogP contribution >= 0.6 is 0 Å². The lowest BCUT2D eigenvalue weighted by molar-refractivity contribution is 0.0818. The van der Waals surface area contributed by atoms with Crippen molar-refractivity contribution in [2.24, 2.45) is 5.92 Å². The fraction of sp³-hybridized carbons (Fsp3) is 0.625. The molecule has 1 aliphatic heterocycles. The summed E-state index contributed by atoms with van der Waals surface area (Å²) in [5.41, 5.74) is 1.23. The zero-order valence-electron chi connectivity index (χ0n) is 12.1. The Labute approximate surface area is 120 Å². The third-order valence-electron chi connectivity index (χ3n) is 4.68. The van der Waals surface area contributed by atoms with Gasteiger partial charge in [0.15, 0.2) is 0 Å². The molecule has 1 heterocycles. The zero-order valence-corrected chi connectivity index (χ0v) is 12.1. The molecular formula is C16H24N2O2. The number of nitrogens with zero attached hydrogens (tertiary/aromatic N) is 1. The highest BCUT2D eigenvalue weighted by molar-refractivity contribution is 5.42. The van der Waals surface area contributed by atoms with Crippen LogP contribution < -0.4 is 10.1 Å². The van der Waals surface area contributed by atoms with E-state index in [1.165, 1.54) is 24.8 Å². The van der Waals surface area contributed by atoms with E-state index in [1.807, 2.05) is 6.07 Å². The summed E-state index contributed by atoms with van der Waals surface area (Å²) in [5.74, 6) is 1.82. The van der Waals surface area contributed by atoms with Crippen LogP contribution in [0.3, 0.4) is 0 Å². The van der Waals surface area contributed by atoms with Gasteiger partial charge in [0.05, 0.1) is 7.11 Å². The lowest BCUT2D eigenvalue weighted by atomic mass is 9.76. The number of nitrogens with one attached hydrogen (secondary N) is 1. The summed E-state index contributed by atoms with van der Waals surface area (Å²) in [6, 6.07) is 6.00. The van der Waals surface area contributed by atoms with Gasteiger partial charge in [-0.3, -0.25) is 4.90 Å². The Bertz CT molecular complexity index is 454. The van der Waals surface area contributed by atoms with E-state index in [9.17, 15) is 5.11 Å². The maximum absolute atomic E-state index is 9.67. The molecule has 4 nitrogen and oxygen atoms in total. The van der Waals surface area contributed by atoms with Gasteiger partial charge in [0.25, 0.3) is 0 Å². The minimum Gasteiger partial charge on any atom is -0.508 e. The summed E-state index contributed by atoms with van der Waals surface area (Å²) in [4.78, 5) is 2.58. The molecule has 1 saturated carbocycles. The second-order valence-electron chi connectivity index (χ2n) is 5.85. The first kappa shape index (κ1) is 13.7. The molecule has 110 valence electrons. The number of ether oxygens (including phenoxy) is 1. The monoisotopic (exact) mass is 276 g/mol. The lowest BCUT2D eigenvalue weighted by Crippen LogP contribution is -2.47. The highest BCUT2D eigenvalue weighted by atomic mass is 16.5. The van der Waals surface area contributed by atoms with Crippen molar-refractivity contribution in [1.29, 1.82) is 0 Å². The van der Waals surface area contributed by atoms with Crippen LogP contribution in [0.5, 0.6) is 11.5 Å².